The van der Waals surface area contributed by atoms with Crippen LogP contribution in [0.5, 0.6) is 5.75 Å². The molecule has 3 rings (SSSR count). The molecule has 0 aromatic heterocycles. The molecule has 0 saturated carbocycles. The maximum absolute atomic E-state index is 5.59. The van der Waals surface area contributed by atoms with E-state index in [1.807, 2.05) is 42.7 Å². The summed E-state index contributed by atoms with van der Waals surface area (Å²) in [5.41, 5.74) is 7.28. The summed E-state index contributed by atoms with van der Waals surface area (Å²) in [5.74, 6) is 0.950. The van der Waals surface area contributed by atoms with Crippen LogP contribution in [-0.4, -0.2) is 16.3 Å². The summed E-state index contributed by atoms with van der Waals surface area (Å²) < 4.78 is 7.58. The molecule has 0 aliphatic carbocycles. The smallest absolute Gasteiger partial charge is 0.0134 e. The Balaban J connectivity index is 0.000000361. The maximum atomic E-state index is 5.59. The van der Waals surface area contributed by atoms with Gasteiger partial charge in [0.2, 0.25) is 0 Å². The van der Waals surface area contributed by atoms with Crippen molar-refractivity contribution in [3.8, 4) is 5.75 Å². The molecule has 0 atom stereocenters. The number of benzene rings is 2. The van der Waals surface area contributed by atoms with Crippen molar-refractivity contribution in [1.29, 1.82) is 0 Å². The van der Waals surface area contributed by atoms with Crippen LogP contribution >= 0.6 is 0 Å². The van der Waals surface area contributed by atoms with Gasteiger partial charge in [-0.25, -0.2) is 6.54 Å². The van der Waals surface area contributed by atoms with Crippen LogP contribution in [0.2, 0.25) is 0 Å². The molecule has 0 spiro atoms. The van der Waals surface area contributed by atoms with Crippen molar-refractivity contribution in [1.82, 2.24) is 0 Å². The molecule has 1 fully saturated rings. The Morgan fingerprint density at radius 1 is 1.06 bits per heavy atom. The number of rotatable bonds is 6. The quantitative estimate of drug-likeness (QED) is 0.376. The first-order valence-electron chi connectivity index (χ1n) is 11.9. The van der Waals surface area contributed by atoms with E-state index in [1.165, 1.54) is 41.6 Å². The molecule has 185 valence electrons. The third-order valence-electron chi connectivity index (χ3n) is 6.52. The SMILES string of the molecule is CC(C)Oc1ccccc1[CH]=[Ru+].CCC1(CC)[CH-]N(c2c(C)cc(C)cc2C)C(C)(C)C1.[Cl-]. The van der Waals surface area contributed by atoms with E-state index >= 15 is 0 Å². The Labute approximate surface area is 219 Å². The van der Waals surface area contributed by atoms with E-state index < -0.39 is 0 Å². The van der Waals surface area contributed by atoms with Crippen molar-refractivity contribution < 1.29 is 35.0 Å². The summed E-state index contributed by atoms with van der Waals surface area (Å²) in [4.78, 5) is 2.56. The summed E-state index contributed by atoms with van der Waals surface area (Å²) in [5, 5.41) is 0. The van der Waals surface area contributed by atoms with Gasteiger partial charge in [-0.1, -0.05) is 50.8 Å². The Hall–Kier alpha value is -1.18. The second kappa shape index (κ2) is 12.5. The van der Waals surface area contributed by atoms with Crippen molar-refractivity contribution in [2.75, 3.05) is 4.90 Å². The summed E-state index contributed by atoms with van der Waals surface area (Å²) in [6.45, 7) is 22.7. The molecule has 1 aliphatic rings. The first-order valence-corrected chi connectivity index (χ1v) is 12.9. The van der Waals surface area contributed by atoms with Gasteiger partial charge in [0, 0.05) is 11.2 Å². The van der Waals surface area contributed by atoms with Gasteiger partial charge >= 0.3 is 82.7 Å². The predicted octanol–water partition coefficient (Wildman–Crippen LogP) is 4.74. The van der Waals surface area contributed by atoms with Crippen LogP contribution in [0, 0.1) is 32.7 Å². The van der Waals surface area contributed by atoms with Crippen LogP contribution in [0.4, 0.5) is 5.69 Å². The average molecular weight is 557 g/mol. The maximum Gasteiger partial charge on any atom is 0.0134 e. The standard InChI is InChI=1S/C19H30N.C10H12O.ClH.Ru/c1-8-19(9-2)12-18(6,7)20(13-19)17-15(4)10-14(3)11-16(17)5;1-8(2)11-10-7-5-4-6-9(10)3;;/h10-11,13H,8-9,12H2,1-7H3;3-8H,1-2H3;1H;/q-1;;;+1/p-1. The number of halogens is 1. The van der Waals surface area contributed by atoms with Gasteiger partial charge in [0.05, 0.1) is 0 Å². The minimum absolute atomic E-state index is 0. The van der Waals surface area contributed by atoms with Gasteiger partial charge in [-0.05, 0) is 45.7 Å². The zero-order valence-corrected chi connectivity index (χ0v) is 24.4. The molecule has 1 heterocycles. The second-order valence-corrected chi connectivity index (χ2v) is 10.6. The van der Waals surface area contributed by atoms with Gasteiger partial charge in [0.1, 0.15) is 0 Å². The minimum Gasteiger partial charge on any atom is -1.00 e. The van der Waals surface area contributed by atoms with E-state index in [9.17, 15) is 0 Å². The molecule has 0 amide bonds. The number of hydrogen-bond donors (Lipinski definition) is 0. The third-order valence-corrected chi connectivity index (χ3v) is 7.06. The van der Waals surface area contributed by atoms with Gasteiger partial charge < -0.3 is 17.3 Å². The Morgan fingerprint density at radius 3 is 2.06 bits per heavy atom. The molecule has 0 radical (unpaired) electrons. The van der Waals surface area contributed by atoms with Crippen molar-refractivity contribution in [2.45, 2.75) is 93.2 Å². The third kappa shape index (κ3) is 7.40. The molecule has 0 unspecified atom stereocenters. The topological polar surface area (TPSA) is 12.5 Å². The van der Waals surface area contributed by atoms with Crippen molar-refractivity contribution in [3.63, 3.8) is 0 Å². The van der Waals surface area contributed by atoms with Crippen molar-refractivity contribution in [2.24, 2.45) is 5.41 Å². The molecular weight excluding hydrogens is 515 g/mol. The van der Waals surface area contributed by atoms with E-state index in [2.05, 4.69) is 89.9 Å². The van der Waals surface area contributed by atoms with Gasteiger partial charge in [0.15, 0.2) is 0 Å². The summed E-state index contributed by atoms with van der Waals surface area (Å²) in [7, 11) is 0. The zero-order chi connectivity index (χ0) is 24.1. The zero-order valence-electron chi connectivity index (χ0n) is 21.9. The van der Waals surface area contributed by atoms with Crippen LogP contribution in [0.25, 0.3) is 0 Å². The molecule has 0 N–H and O–H groups in total. The molecule has 4 heteroatoms. The average Bonchev–Trinajstić information content (AvgIpc) is 2.99. The second-order valence-electron chi connectivity index (χ2n) is 10.1. The monoisotopic (exact) mass is 557 g/mol. The fourth-order valence-electron chi connectivity index (χ4n) is 4.97. The van der Waals surface area contributed by atoms with Crippen molar-refractivity contribution in [3.05, 3.63) is 65.2 Å². The summed E-state index contributed by atoms with van der Waals surface area (Å²) >= 11 is 2.49. The van der Waals surface area contributed by atoms with E-state index in [0.29, 0.717) is 5.41 Å². The fourth-order valence-corrected chi connectivity index (χ4v) is 5.38. The number of ether oxygens (including phenoxy) is 1. The molecule has 2 aromatic rings. The van der Waals surface area contributed by atoms with Gasteiger partial charge in [0.25, 0.3) is 0 Å². The molecule has 1 saturated heterocycles. The molecule has 33 heavy (non-hydrogen) atoms. The number of hydrogen-bond acceptors (Lipinski definition) is 2. The fraction of sp³-hybridized carbons (Fsp3) is 0.517. The normalized spacial score (nSPS) is 16.0. The number of aryl methyl sites for hydroxylation is 3. The first kappa shape index (κ1) is 29.9. The number of para-hydroxylation sites is 1. The molecular formula is C29H42ClNORu-. The first-order chi connectivity index (χ1) is 15.0. The minimum atomic E-state index is 0. The predicted molar refractivity (Wildman–Crippen MR) is 137 cm³/mol. The van der Waals surface area contributed by atoms with E-state index in [-0.39, 0.29) is 24.0 Å². The van der Waals surface area contributed by atoms with E-state index in [0.717, 1.165) is 11.3 Å². The Kier molecular flexibility index (Phi) is 11.3. The van der Waals surface area contributed by atoms with Gasteiger partial charge in [-0.15, -0.1) is 5.41 Å². The summed E-state index contributed by atoms with van der Waals surface area (Å²) in [6.07, 6.45) is 3.94. The van der Waals surface area contributed by atoms with Crippen LogP contribution in [0.15, 0.2) is 36.4 Å². The van der Waals surface area contributed by atoms with Gasteiger partial charge in [-0.3, -0.25) is 0 Å². The molecule has 1 aliphatic heterocycles. The molecule has 2 nitrogen and oxygen atoms in total. The Morgan fingerprint density at radius 2 is 1.61 bits per heavy atom. The van der Waals surface area contributed by atoms with Crippen LogP contribution in [0.3, 0.4) is 0 Å². The summed E-state index contributed by atoms with van der Waals surface area (Å²) in [6, 6.07) is 12.6. The van der Waals surface area contributed by atoms with Crippen molar-refractivity contribution >= 4 is 10.3 Å². The number of anilines is 1. The van der Waals surface area contributed by atoms with Crippen LogP contribution < -0.4 is 22.0 Å². The molecule has 0 bridgehead atoms. The largest absolute Gasteiger partial charge is 1.00 e. The van der Waals surface area contributed by atoms with Crippen LogP contribution in [0.1, 0.15) is 83.1 Å². The number of nitrogens with zero attached hydrogens (tertiary/aromatic N) is 1. The van der Waals surface area contributed by atoms with E-state index in [4.69, 9.17) is 4.74 Å². The van der Waals surface area contributed by atoms with Crippen LogP contribution in [-0.2, 0) is 17.9 Å². The van der Waals surface area contributed by atoms with Gasteiger partial charge in [-0.2, -0.15) is 0 Å². The van der Waals surface area contributed by atoms with E-state index in [1.54, 1.807) is 0 Å². The molecule has 2 aromatic carbocycles. The Bertz CT molecular complexity index is 895.